The summed E-state index contributed by atoms with van der Waals surface area (Å²) >= 11 is 3.03. The molecule has 1 radical (unpaired) electrons. The second-order valence-corrected chi connectivity index (χ2v) is 6.71. The zero-order valence-corrected chi connectivity index (χ0v) is 13.3. The summed E-state index contributed by atoms with van der Waals surface area (Å²) in [6, 6.07) is -0.835. The number of hydrogen-bond donors (Lipinski definition) is 2. The van der Waals surface area contributed by atoms with Gasteiger partial charge in [-0.15, -0.1) is 0 Å². The first-order chi connectivity index (χ1) is 8.54. The highest BCUT2D eigenvalue weighted by Crippen LogP contribution is 2.43. The van der Waals surface area contributed by atoms with Crippen LogP contribution in [0.5, 0.6) is 0 Å². The number of hydrogen-bond acceptors (Lipinski definition) is 4. The Kier molecular flexibility index (Phi) is 4.64. The first-order valence-corrected chi connectivity index (χ1v) is 7.28. The first-order valence-electron chi connectivity index (χ1n) is 6.16. The third kappa shape index (κ3) is 3.09. The number of hydroxylamine groups is 2. The highest BCUT2D eigenvalue weighted by molar-refractivity contribution is 9.09. The van der Waals surface area contributed by atoms with Crippen molar-refractivity contribution in [3.05, 3.63) is 5.21 Å². The molecule has 1 aliphatic rings. The maximum atomic E-state index is 12.3. The van der Waals surface area contributed by atoms with Crippen molar-refractivity contribution in [3.63, 3.8) is 0 Å². The molecule has 0 spiro atoms. The molecule has 7 heteroatoms. The molecule has 1 heterocycles. The number of amides is 2. The SMILES string of the molecule is CC1(C)CC(C(NC(=O)CBr)C(N)=O)C(C)(C)[N+]1[O-]. The zero-order chi connectivity index (χ0) is 15.0. The fourth-order valence-electron chi connectivity index (χ4n) is 2.91. The third-order valence-corrected chi connectivity index (χ3v) is 4.36. The fourth-order valence-corrected chi connectivity index (χ4v) is 3.07. The van der Waals surface area contributed by atoms with E-state index in [4.69, 9.17) is 5.73 Å². The molecule has 6 nitrogen and oxygen atoms in total. The van der Waals surface area contributed by atoms with Crippen LogP contribution in [0.1, 0.15) is 34.1 Å². The topological polar surface area (TPSA) is 101 Å². The molecule has 109 valence electrons. The lowest BCUT2D eigenvalue weighted by molar-refractivity contribution is -0.127. The van der Waals surface area contributed by atoms with Crippen molar-refractivity contribution in [1.29, 1.82) is 0 Å². The number of alkyl halides is 1. The number of rotatable bonds is 4. The van der Waals surface area contributed by atoms with Crippen LogP contribution in [0.15, 0.2) is 0 Å². The van der Waals surface area contributed by atoms with Gasteiger partial charge < -0.3 is 16.3 Å². The van der Waals surface area contributed by atoms with E-state index in [0.717, 1.165) is 5.06 Å². The Morgan fingerprint density at radius 3 is 2.32 bits per heavy atom. The Balaban J connectivity index is 3.04. The zero-order valence-electron chi connectivity index (χ0n) is 11.7. The lowest BCUT2D eigenvalue weighted by Gasteiger charge is -2.35. The molecule has 0 saturated carbocycles. The lowest BCUT2D eigenvalue weighted by atomic mass is 9.81. The van der Waals surface area contributed by atoms with Crippen LogP contribution in [0.3, 0.4) is 0 Å². The van der Waals surface area contributed by atoms with E-state index < -0.39 is 23.0 Å². The molecule has 0 aliphatic carbocycles. The molecule has 1 saturated heterocycles. The van der Waals surface area contributed by atoms with E-state index in [1.54, 1.807) is 13.8 Å². The van der Waals surface area contributed by atoms with Gasteiger partial charge in [-0.2, -0.15) is 5.06 Å². The van der Waals surface area contributed by atoms with Crippen molar-refractivity contribution >= 4 is 27.7 Å². The predicted octanol–water partition coefficient (Wildman–Crippen LogP) is 0.566. The van der Waals surface area contributed by atoms with Gasteiger partial charge in [0.15, 0.2) is 0 Å². The standard InChI is InChI=1S/C12H21BrN3O3/c1-11(2)5-7(12(3,4)16(11)19)9(10(14)18)15-8(17)6-13/h7,9H,5-6H2,1-4H3,(H2,14,18)(H,15,17). The minimum atomic E-state index is -0.835. The molecule has 2 atom stereocenters. The number of halogens is 1. The van der Waals surface area contributed by atoms with Gasteiger partial charge in [-0.1, -0.05) is 15.9 Å². The van der Waals surface area contributed by atoms with Gasteiger partial charge in [0, 0.05) is 6.42 Å². The van der Waals surface area contributed by atoms with E-state index in [2.05, 4.69) is 21.2 Å². The van der Waals surface area contributed by atoms with Crippen molar-refractivity contribution in [2.24, 2.45) is 11.7 Å². The fraction of sp³-hybridized carbons (Fsp3) is 0.833. The Labute approximate surface area is 121 Å². The highest BCUT2D eigenvalue weighted by atomic mass is 79.9. The summed E-state index contributed by atoms with van der Waals surface area (Å²) in [5.74, 6) is -1.25. The molecular weight excluding hydrogens is 314 g/mol. The van der Waals surface area contributed by atoms with Crippen molar-refractivity contribution < 1.29 is 9.59 Å². The van der Waals surface area contributed by atoms with E-state index in [1.165, 1.54) is 0 Å². The Bertz CT molecular complexity index is 384. The average Bonchev–Trinajstić information content (AvgIpc) is 2.46. The van der Waals surface area contributed by atoms with Crippen LogP contribution in [0, 0.1) is 11.1 Å². The summed E-state index contributed by atoms with van der Waals surface area (Å²) in [5, 5.41) is 16.0. The van der Waals surface area contributed by atoms with Crippen molar-refractivity contribution in [3.8, 4) is 0 Å². The summed E-state index contributed by atoms with van der Waals surface area (Å²) in [5.41, 5.74) is 4.04. The summed E-state index contributed by atoms with van der Waals surface area (Å²) in [6.45, 7) is 7.20. The molecule has 0 bridgehead atoms. The van der Waals surface area contributed by atoms with E-state index >= 15 is 0 Å². The first kappa shape index (κ1) is 16.4. The van der Waals surface area contributed by atoms with Gasteiger partial charge >= 0.3 is 0 Å². The van der Waals surface area contributed by atoms with E-state index in [-0.39, 0.29) is 17.2 Å². The second-order valence-electron chi connectivity index (χ2n) is 6.15. The van der Waals surface area contributed by atoms with Gasteiger partial charge in [-0.3, -0.25) is 9.59 Å². The lowest BCUT2D eigenvalue weighted by Crippen LogP contribution is -2.57. The quantitative estimate of drug-likeness (QED) is 0.446. The minimum Gasteiger partial charge on any atom is -0.581 e. The normalized spacial score (nSPS) is 26.9. The smallest absolute Gasteiger partial charge is 0.240 e. The summed E-state index contributed by atoms with van der Waals surface area (Å²) in [4.78, 5) is 23.1. The molecule has 0 aromatic carbocycles. The van der Waals surface area contributed by atoms with Crippen LogP contribution in [-0.4, -0.2) is 34.3 Å². The number of nitrogens with one attached hydrogen (secondary N) is 1. The van der Waals surface area contributed by atoms with Crippen LogP contribution in [0.4, 0.5) is 0 Å². The average molecular weight is 335 g/mol. The molecule has 0 aromatic heterocycles. The molecule has 1 aliphatic heterocycles. The number of primary amides is 1. The largest absolute Gasteiger partial charge is 0.581 e. The molecule has 19 heavy (non-hydrogen) atoms. The Hall–Kier alpha value is -0.660. The van der Waals surface area contributed by atoms with Gasteiger partial charge in [0.2, 0.25) is 11.8 Å². The van der Waals surface area contributed by atoms with Crippen molar-refractivity contribution in [2.45, 2.75) is 51.2 Å². The van der Waals surface area contributed by atoms with Crippen molar-refractivity contribution in [1.82, 2.24) is 10.4 Å². The van der Waals surface area contributed by atoms with Crippen molar-refractivity contribution in [2.75, 3.05) is 5.33 Å². The van der Waals surface area contributed by atoms with Crippen LogP contribution in [0.25, 0.3) is 0 Å². The molecule has 1 rings (SSSR count). The summed E-state index contributed by atoms with van der Waals surface area (Å²) in [7, 11) is 0. The van der Waals surface area contributed by atoms with Gasteiger partial charge in [0.05, 0.1) is 11.2 Å². The van der Waals surface area contributed by atoms with Crippen LogP contribution in [0.2, 0.25) is 0 Å². The highest BCUT2D eigenvalue weighted by Gasteiger charge is 2.59. The van der Waals surface area contributed by atoms with E-state index in [1.807, 2.05) is 13.8 Å². The minimum absolute atomic E-state index is 0.0917. The van der Waals surface area contributed by atoms with Crippen LogP contribution < -0.4 is 16.1 Å². The van der Waals surface area contributed by atoms with E-state index in [0.29, 0.717) is 6.42 Å². The van der Waals surface area contributed by atoms with Gasteiger partial charge in [-0.25, -0.2) is 0 Å². The monoisotopic (exact) mass is 334 g/mol. The molecule has 1 fully saturated rings. The Morgan fingerprint density at radius 2 is 2.00 bits per heavy atom. The molecule has 0 aromatic rings. The van der Waals surface area contributed by atoms with E-state index in [9.17, 15) is 14.8 Å². The third-order valence-electron chi connectivity index (χ3n) is 3.85. The molecule has 3 N–H and O–H groups in total. The molecule has 2 amide bonds. The molecule has 2 unspecified atom stereocenters. The van der Waals surface area contributed by atoms with Gasteiger partial charge in [0.25, 0.3) is 0 Å². The summed E-state index contributed by atoms with van der Waals surface area (Å²) < 4.78 is 0. The maximum absolute atomic E-state index is 12.3. The maximum Gasteiger partial charge on any atom is 0.240 e. The number of carbonyl (C=O) groups excluding carboxylic acids is 2. The predicted molar refractivity (Wildman–Crippen MR) is 76.7 cm³/mol. The van der Waals surface area contributed by atoms with Gasteiger partial charge in [-0.05, 0) is 27.7 Å². The number of nitrogens with zero attached hydrogens (tertiary/aromatic N) is 1. The van der Waals surface area contributed by atoms with Crippen LogP contribution in [-0.2, 0) is 9.59 Å². The summed E-state index contributed by atoms with van der Waals surface area (Å²) in [6.07, 6.45) is 0.500. The van der Waals surface area contributed by atoms with Gasteiger partial charge in [0.1, 0.15) is 17.1 Å². The molecular formula is C12H21BrN3O3. The second kappa shape index (κ2) is 5.38. The van der Waals surface area contributed by atoms with Crippen LogP contribution >= 0.6 is 15.9 Å². The Morgan fingerprint density at radius 1 is 1.47 bits per heavy atom. The number of carbonyl (C=O) groups is 2. The number of nitrogens with two attached hydrogens (primary N) is 1.